The molecule has 1 aromatic carbocycles. The normalized spacial score (nSPS) is 11.9. The molecule has 0 saturated carbocycles. The van der Waals surface area contributed by atoms with Crippen LogP contribution < -0.4 is 16.6 Å². The molecule has 1 atom stereocenters. The first kappa shape index (κ1) is 21.0. The van der Waals surface area contributed by atoms with Gasteiger partial charge >= 0.3 is 0 Å². The fraction of sp³-hybridized carbons (Fsp3) is 0.238. The number of carbonyl (C=O) groups excluding carboxylic acids is 2. The Morgan fingerprint density at radius 2 is 1.90 bits per heavy atom. The van der Waals surface area contributed by atoms with Crippen LogP contribution in [-0.2, 0) is 11.3 Å². The first-order valence-corrected chi connectivity index (χ1v) is 9.29. The number of amides is 2. The van der Waals surface area contributed by atoms with Gasteiger partial charge in [-0.15, -0.1) is 0 Å². The zero-order valence-corrected chi connectivity index (χ0v) is 16.8. The number of imidazole rings is 1. The SMILES string of the molecule is CC(C)=CCn1c(-c2ccc(F)cc2)cn2cc(C(=O)N[C@@H](C)C(N)=O)nc2c1=O. The third kappa shape index (κ3) is 4.29. The number of carbonyl (C=O) groups is 2. The molecule has 0 aliphatic rings. The van der Waals surface area contributed by atoms with Crippen LogP contribution in [0.15, 0.2) is 53.1 Å². The van der Waals surface area contributed by atoms with Crippen LogP contribution in [0.4, 0.5) is 4.39 Å². The quantitative estimate of drug-likeness (QED) is 0.603. The first-order chi connectivity index (χ1) is 14.2. The number of nitrogens with zero attached hydrogens (tertiary/aromatic N) is 3. The van der Waals surface area contributed by atoms with E-state index in [1.165, 1.54) is 34.2 Å². The number of nitrogens with one attached hydrogen (secondary N) is 1. The third-order valence-electron chi connectivity index (χ3n) is 4.55. The molecule has 3 N–H and O–H groups in total. The molecule has 2 aromatic heterocycles. The Hall–Kier alpha value is -3.75. The predicted molar refractivity (Wildman–Crippen MR) is 110 cm³/mol. The van der Waals surface area contributed by atoms with Gasteiger partial charge in [-0.3, -0.25) is 23.4 Å². The number of benzene rings is 1. The predicted octanol–water partition coefficient (Wildman–Crippen LogP) is 1.87. The van der Waals surface area contributed by atoms with Gasteiger partial charge in [-0.2, -0.15) is 0 Å². The molecule has 0 aliphatic carbocycles. The van der Waals surface area contributed by atoms with E-state index in [1.54, 1.807) is 18.3 Å². The van der Waals surface area contributed by atoms with Crippen molar-refractivity contribution in [2.75, 3.05) is 0 Å². The zero-order chi connectivity index (χ0) is 22.0. The van der Waals surface area contributed by atoms with E-state index in [-0.39, 0.29) is 23.7 Å². The summed E-state index contributed by atoms with van der Waals surface area (Å²) >= 11 is 0. The van der Waals surface area contributed by atoms with E-state index >= 15 is 0 Å². The molecular formula is C21H22FN5O3. The van der Waals surface area contributed by atoms with Crippen LogP contribution in [0, 0.1) is 5.82 Å². The Morgan fingerprint density at radius 3 is 2.50 bits per heavy atom. The van der Waals surface area contributed by atoms with Crippen molar-refractivity contribution < 1.29 is 14.0 Å². The summed E-state index contributed by atoms with van der Waals surface area (Å²) in [6, 6.07) is 4.90. The van der Waals surface area contributed by atoms with Crippen molar-refractivity contribution in [1.82, 2.24) is 19.3 Å². The van der Waals surface area contributed by atoms with Crippen LogP contribution in [0.5, 0.6) is 0 Å². The van der Waals surface area contributed by atoms with Gasteiger partial charge in [0.2, 0.25) is 11.6 Å². The number of aromatic nitrogens is 3. The van der Waals surface area contributed by atoms with E-state index in [1.807, 2.05) is 19.9 Å². The molecule has 9 heteroatoms. The minimum absolute atomic E-state index is 0.0229. The summed E-state index contributed by atoms with van der Waals surface area (Å²) in [5.74, 6) is -1.69. The largest absolute Gasteiger partial charge is 0.368 e. The van der Waals surface area contributed by atoms with E-state index in [4.69, 9.17) is 5.73 Å². The molecule has 0 spiro atoms. The maximum Gasteiger partial charge on any atom is 0.295 e. The van der Waals surface area contributed by atoms with Crippen LogP contribution in [0.3, 0.4) is 0 Å². The van der Waals surface area contributed by atoms with Gasteiger partial charge in [-0.05, 0) is 50.6 Å². The van der Waals surface area contributed by atoms with Crippen LogP contribution in [-0.4, -0.2) is 31.8 Å². The molecular weight excluding hydrogens is 389 g/mol. The van der Waals surface area contributed by atoms with Crippen molar-refractivity contribution in [3.63, 3.8) is 0 Å². The number of primary amides is 1. The lowest BCUT2D eigenvalue weighted by Gasteiger charge is -2.12. The maximum atomic E-state index is 13.4. The molecule has 0 bridgehead atoms. The highest BCUT2D eigenvalue weighted by molar-refractivity contribution is 5.96. The lowest BCUT2D eigenvalue weighted by atomic mass is 10.1. The first-order valence-electron chi connectivity index (χ1n) is 9.29. The van der Waals surface area contributed by atoms with Crippen molar-refractivity contribution in [3.8, 4) is 11.3 Å². The molecule has 8 nitrogen and oxygen atoms in total. The van der Waals surface area contributed by atoms with Crippen molar-refractivity contribution in [3.05, 3.63) is 70.2 Å². The van der Waals surface area contributed by atoms with E-state index in [0.29, 0.717) is 11.3 Å². The number of allylic oxidation sites excluding steroid dienone is 2. The van der Waals surface area contributed by atoms with Crippen LogP contribution >= 0.6 is 0 Å². The number of rotatable bonds is 6. The third-order valence-corrected chi connectivity index (χ3v) is 4.55. The molecule has 3 aromatic rings. The molecule has 0 aliphatic heterocycles. The van der Waals surface area contributed by atoms with Gasteiger partial charge in [-0.1, -0.05) is 11.6 Å². The molecule has 0 fully saturated rings. The smallest absolute Gasteiger partial charge is 0.295 e. The van der Waals surface area contributed by atoms with Crippen LogP contribution in [0.25, 0.3) is 16.9 Å². The van der Waals surface area contributed by atoms with E-state index in [9.17, 15) is 18.8 Å². The van der Waals surface area contributed by atoms with Crippen LogP contribution in [0.2, 0.25) is 0 Å². The van der Waals surface area contributed by atoms with E-state index in [2.05, 4.69) is 10.3 Å². The van der Waals surface area contributed by atoms with Gasteiger partial charge in [-0.25, -0.2) is 9.37 Å². The number of nitrogens with two attached hydrogens (primary N) is 1. The highest BCUT2D eigenvalue weighted by Crippen LogP contribution is 2.20. The topological polar surface area (TPSA) is 111 Å². The van der Waals surface area contributed by atoms with E-state index in [0.717, 1.165) is 5.57 Å². The second-order valence-corrected chi connectivity index (χ2v) is 7.17. The highest BCUT2D eigenvalue weighted by atomic mass is 19.1. The Bertz CT molecular complexity index is 1200. The summed E-state index contributed by atoms with van der Waals surface area (Å²) in [4.78, 5) is 40.8. The molecule has 3 rings (SSSR count). The number of hydrogen-bond donors (Lipinski definition) is 2. The van der Waals surface area contributed by atoms with Gasteiger partial charge < -0.3 is 11.1 Å². The van der Waals surface area contributed by atoms with Gasteiger partial charge in [0.25, 0.3) is 11.5 Å². The minimum atomic E-state index is -0.883. The molecule has 2 amide bonds. The average molecular weight is 411 g/mol. The average Bonchev–Trinajstić information content (AvgIpc) is 3.12. The number of hydrogen-bond acceptors (Lipinski definition) is 4. The van der Waals surface area contributed by atoms with Gasteiger partial charge in [0, 0.05) is 18.9 Å². The minimum Gasteiger partial charge on any atom is -0.368 e. The summed E-state index contributed by atoms with van der Waals surface area (Å²) in [5.41, 5.74) is 7.00. The lowest BCUT2D eigenvalue weighted by Crippen LogP contribution is -2.42. The maximum absolute atomic E-state index is 13.4. The van der Waals surface area contributed by atoms with Gasteiger partial charge in [0.1, 0.15) is 17.6 Å². The summed E-state index contributed by atoms with van der Waals surface area (Å²) in [6.07, 6.45) is 4.94. The summed E-state index contributed by atoms with van der Waals surface area (Å²) in [5, 5.41) is 2.43. The molecule has 156 valence electrons. The summed E-state index contributed by atoms with van der Waals surface area (Å²) < 4.78 is 16.3. The van der Waals surface area contributed by atoms with Crippen molar-refractivity contribution in [1.29, 1.82) is 0 Å². The second-order valence-electron chi connectivity index (χ2n) is 7.17. The lowest BCUT2D eigenvalue weighted by molar-refractivity contribution is -0.119. The zero-order valence-electron chi connectivity index (χ0n) is 16.8. The Morgan fingerprint density at radius 1 is 1.23 bits per heavy atom. The standard InChI is InChI=1S/C21H22FN5O3/c1-12(2)8-9-27-17(14-4-6-15(22)7-5-14)11-26-10-16(25-19(26)21(27)30)20(29)24-13(3)18(23)28/h4-8,10-11,13H,9H2,1-3H3,(H2,23,28)(H,24,29)/t13-/m0/s1. The highest BCUT2D eigenvalue weighted by Gasteiger charge is 2.19. The van der Waals surface area contributed by atoms with Crippen molar-refractivity contribution >= 4 is 17.5 Å². The fourth-order valence-electron chi connectivity index (χ4n) is 2.84. The second kappa shape index (κ2) is 8.32. The fourth-order valence-corrected chi connectivity index (χ4v) is 2.84. The van der Waals surface area contributed by atoms with Crippen molar-refractivity contribution in [2.24, 2.45) is 5.73 Å². The molecule has 0 unspecified atom stereocenters. The number of fused-ring (bicyclic) bond motifs is 1. The number of halogens is 1. The molecule has 2 heterocycles. The molecule has 0 radical (unpaired) electrons. The van der Waals surface area contributed by atoms with Crippen LogP contribution in [0.1, 0.15) is 31.3 Å². The molecule has 0 saturated heterocycles. The molecule has 30 heavy (non-hydrogen) atoms. The summed E-state index contributed by atoms with van der Waals surface area (Å²) in [7, 11) is 0. The van der Waals surface area contributed by atoms with Gasteiger partial charge in [0.05, 0.1) is 5.69 Å². The monoisotopic (exact) mass is 411 g/mol. The van der Waals surface area contributed by atoms with Gasteiger partial charge in [0.15, 0.2) is 0 Å². The Balaban J connectivity index is 2.14. The van der Waals surface area contributed by atoms with Crippen molar-refractivity contribution in [2.45, 2.75) is 33.4 Å². The summed E-state index contributed by atoms with van der Waals surface area (Å²) in [6.45, 7) is 5.57. The van der Waals surface area contributed by atoms with E-state index < -0.39 is 23.4 Å². The Kier molecular flexibility index (Phi) is 5.81. The Labute approximate surface area is 171 Å².